The summed E-state index contributed by atoms with van der Waals surface area (Å²) in [6.45, 7) is 0. The molecule has 3 aromatic rings. The number of H-pyrrole nitrogens is 1. The van der Waals surface area contributed by atoms with E-state index < -0.39 is 0 Å². The van der Waals surface area contributed by atoms with Crippen molar-refractivity contribution >= 4 is 22.6 Å². The molecular weight excluding hydrogens is 342 g/mol. The third kappa shape index (κ3) is 3.89. The van der Waals surface area contributed by atoms with Crippen LogP contribution < -0.4 is 14.8 Å². The second-order valence-corrected chi connectivity index (χ2v) is 6.87. The van der Waals surface area contributed by atoms with Crippen molar-refractivity contribution in [2.24, 2.45) is 0 Å². The number of nitrogens with one attached hydrogen (secondary N) is 2. The number of anilines is 1. The molecule has 0 bridgehead atoms. The number of carbonyl (C=O) groups excluding carboxylic acids is 1. The molecule has 2 aromatic carbocycles. The zero-order valence-corrected chi connectivity index (χ0v) is 15.5. The van der Waals surface area contributed by atoms with Crippen molar-refractivity contribution in [3.63, 3.8) is 0 Å². The van der Waals surface area contributed by atoms with Gasteiger partial charge in [-0.1, -0.05) is 6.07 Å². The molecule has 6 nitrogen and oxygen atoms in total. The normalized spacial score (nSPS) is 13.6. The monoisotopic (exact) mass is 365 g/mol. The molecule has 2 N–H and O–H groups in total. The van der Waals surface area contributed by atoms with Crippen molar-refractivity contribution in [3.8, 4) is 11.5 Å². The Hall–Kier alpha value is -3.02. The maximum Gasteiger partial charge on any atom is 0.224 e. The summed E-state index contributed by atoms with van der Waals surface area (Å²) in [5.74, 6) is 2.97. The van der Waals surface area contributed by atoms with Gasteiger partial charge in [0.1, 0.15) is 5.82 Å². The van der Waals surface area contributed by atoms with Crippen LogP contribution in [0, 0.1) is 0 Å². The molecule has 0 saturated heterocycles. The molecule has 6 heteroatoms. The molecule has 1 saturated carbocycles. The molecule has 1 fully saturated rings. The van der Waals surface area contributed by atoms with E-state index in [4.69, 9.17) is 9.47 Å². The number of ether oxygens (including phenoxy) is 2. The van der Waals surface area contributed by atoms with Gasteiger partial charge in [0, 0.05) is 18.0 Å². The largest absolute Gasteiger partial charge is 0.493 e. The second-order valence-electron chi connectivity index (χ2n) is 6.87. The highest BCUT2D eigenvalue weighted by Gasteiger charge is 2.26. The first-order valence-corrected chi connectivity index (χ1v) is 9.16. The zero-order chi connectivity index (χ0) is 18.8. The number of nitrogens with zero attached hydrogens (tertiary/aromatic N) is 1. The Morgan fingerprint density at radius 1 is 1.15 bits per heavy atom. The molecule has 0 atom stereocenters. The minimum absolute atomic E-state index is 0.0222. The fourth-order valence-corrected chi connectivity index (χ4v) is 3.17. The average Bonchev–Trinajstić information content (AvgIpc) is 3.45. The van der Waals surface area contributed by atoms with Crippen LogP contribution in [0.2, 0.25) is 0 Å². The topological polar surface area (TPSA) is 76.2 Å². The molecule has 0 spiro atoms. The second kappa shape index (κ2) is 7.31. The van der Waals surface area contributed by atoms with Gasteiger partial charge in [0.05, 0.1) is 25.3 Å². The molecule has 1 amide bonds. The summed E-state index contributed by atoms with van der Waals surface area (Å²) < 4.78 is 10.5. The van der Waals surface area contributed by atoms with Gasteiger partial charge in [-0.25, -0.2) is 4.98 Å². The van der Waals surface area contributed by atoms with Gasteiger partial charge in [0.25, 0.3) is 0 Å². The van der Waals surface area contributed by atoms with Crippen LogP contribution in [0.5, 0.6) is 11.5 Å². The van der Waals surface area contributed by atoms with E-state index in [9.17, 15) is 4.79 Å². The number of aromatic nitrogens is 2. The lowest BCUT2D eigenvalue weighted by Gasteiger charge is -2.10. The number of hydrogen-bond donors (Lipinski definition) is 2. The van der Waals surface area contributed by atoms with Crippen molar-refractivity contribution in [2.45, 2.75) is 31.6 Å². The number of imidazole rings is 1. The highest BCUT2D eigenvalue weighted by molar-refractivity contribution is 5.93. The lowest BCUT2D eigenvalue weighted by molar-refractivity contribution is -0.116. The predicted molar refractivity (Wildman–Crippen MR) is 105 cm³/mol. The van der Waals surface area contributed by atoms with Crippen LogP contribution in [0.1, 0.15) is 36.6 Å². The Labute approximate surface area is 157 Å². The van der Waals surface area contributed by atoms with E-state index in [1.807, 2.05) is 36.4 Å². The third-order valence-electron chi connectivity index (χ3n) is 4.84. The number of aryl methyl sites for hydroxylation is 1. The van der Waals surface area contributed by atoms with E-state index in [1.54, 1.807) is 14.2 Å². The maximum absolute atomic E-state index is 12.3. The number of hydrogen-bond acceptors (Lipinski definition) is 4. The molecule has 1 aliphatic rings. The Morgan fingerprint density at radius 2 is 1.96 bits per heavy atom. The summed E-state index contributed by atoms with van der Waals surface area (Å²) >= 11 is 0. The summed E-state index contributed by atoms with van der Waals surface area (Å²) in [4.78, 5) is 20.3. The van der Waals surface area contributed by atoms with Crippen molar-refractivity contribution < 1.29 is 14.3 Å². The molecule has 4 rings (SSSR count). The van der Waals surface area contributed by atoms with Crippen LogP contribution in [0.4, 0.5) is 5.69 Å². The standard InChI is InChI=1S/C21H23N3O3/c1-26-18-9-3-13(11-19(18)27-2)4-10-20(25)22-15-7-8-16-17(12-15)24-21(23-16)14-5-6-14/h3,7-9,11-12,14H,4-6,10H2,1-2H3,(H,22,25)(H,23,24). The summed E-state index contributed by atoms with van der Waals surface area (Å²) in [6, 6.07) is 11.5. The van der Waals surface area contributed by atoms with E-state index in [0.29, 0.717) is 30.3 Å². The zero-order valence-electron chi connectivity index (χ0n) is 15.5. The van der Waals surface area contributed by atoms with Crippen LogP contribution in [0.15, 0.2) is 36.4 Å². The van der Waals surface area contributed by atoms with Crippen LogP contribution >= 0.6 is 0 Å². The number of benzene rings is 2. The van der Waals surface area contributed by atoms with Gasteiger partial charge in [0.2, 0.25) is 5.91 Å². The van der Waals surface area contributed by atoms with Crippen LogP contribution in [-0.4, -0.2) is 30.1 Å². The first-order valence-electron chi connectivity index (χ1n) is 9.16. The molecule has 1 heterocycles. The SMILES string of the molecule is COc1ccc(CCC(=O)Nc2ccc3nc(C4CC4)[nH]c3c2)cc1OC. The molecule has 0 unspecified atom stereocenters. The quantitative estimate of drug-likeness (QED) is 0.663. The van der Waals surface area contributed by atoms with Gasteiger partial charge >= 0.3 is 0 Å². The first kappa shape index (κ1) is 17.4. The minimum atomic E-state index is -0.0222. The fraction of sp³-hybridized carbons (Fsp3) is 0.333. The number of rotatable bonds is 7. The minimum Gasteiger partial charge on any atom is -0.493 e. The van der Waals surface area contributed by atoms with Crippen molar-refractivity contribution in [1.82, 2.24) is 9.97 Å². The molecule has 140 valence electrons. The van der Waals surface area contributed by atoms with E-state index in [-0.39, 0.29) is 5.91 Å². The Bertz CT molecular complexity index is 976. The molecule has 1 aromatic heterocycles. The predicted octanol–water partition coefficient (Wildman–Crippen LogP) is 4.03. The molecular formula is C21H23N3O3. The summed E-state index contributed by atoms with van der Waals surface area (Å²) in [7, 11) is 3.21. The highest BCUT2D eigenvalue weighted by atomic mass is 16.5. The van der Waals surface area contributed by atoms with E-state index in [0.717, 1.165) is 28.1 Å². The summed E-state index contributed by atoms with van der Waals surface area (Å²) in [6.07, 6.45) is 3.44. The molecule has 1 aliphatic carbocycles. The van der Waals surface area contributed by atoms with Crippen molar-refractivity contribution in [1.29, 1.82) is 0 Å². The van der Waals surface area contributed by atoms with E-state index in [2.05, 4.69) is 15.3 Å². The van der Waals surface area contributed by atoms with E-state index >= 15 is 0 Å². The van der Waals surface area contributed by atoms with Gasteiger partial charge in [0.15, 0.2) is 11.5 Å². The third-order valence-corrected chi connectivity index (χ3v) is 4.84. The van der Waals surface area contributed by atoms with Gasteiger partial charge in [-0.3, -0.25) is 4.79 Å². The van der Waals surface area contributed by atoms with Crippen molar-refractivity contribution in [2.75, 3.05) is 19.5 Å². The first-order chi connectivity index (χ1) is 13.2. The number of methoxy groups -OCH3 is 2. The summed E-state index contributed by atoms with van der Waals surface area (Å²) in [5.41, 5.74) is 3.72. The highest BCUT2D eigenvalue weighted by Crippen LogP contribution is 2.39. The van der Waals surface area contributed by atoms with Crippen LogP contribution in [-0.2, 0) is 11.2 Å². The van der Waals surface area contributed by atoms with Gasteiger partial charge in [-0.15, -0.1) is 0 Å². The number of aromatic amines is 1. The lowest BCUT2D eigenvalue weighted by Crippen LogP contribution is -2.12. The Balaban J connectivity index is 1.38. The molecule has 0 radical (unpaired) electrons. The number of fused-ring (bicyclic) bond motifs is 1. The van der Waals surface area contributed by atoms with Gasteiger partial charge in [-0.2, -0.15) is 0 Å². The Kier molecular flexibility index (Phi) is 4.71. The van der Waals surface area contributed by atoms with Crippen molar-refractivity contribution in [3.05, 3.63) is 47.8 Å². The van der Waals surface area contributed by atoms with Crippen LogP contribution in [0.3, 0.4) is 0 Å². The number of carbonyl (C=O) groups is 1. The smallest absolute Gasteiger partial charge is 0.224 e. The van der Waals surface area contributed by atoms with Gasteiger partial charge < -0.3 is 19.8 Å². The fourth-order valence-electron chi connectivity index (χ4n) is 3.17. The summed E-state index contributed by atoms with van der Waals surface area (Å²) in [5, 5.41) is 2.97. The molecule has 0 aliphatic heterocycles. The van der Waals surface area contributed by atoms with Gasteiger partial charge in [-0.05, 0) is 55.2 Å². The average molecular weight is 365 g/mol. The number of amides is 1. The van der Waals surface area contributed by atoms with Crippen LogP contribution in [0.25, 0.3) is 11.0 Å². The molecule has 27 heavy (non-hydrogen) atoms. The Morgan fingerprint density at radius 3 is 2.70 bits per heavy atom. The lowest BCUT2D eigenvalue weighted by atomic mass is 10.1. The maximum atomic E-state index is 12.3. The van der Waals surface area contributed by atoms with E-state index in [1.165, 1.54) is 12.8 Å².